The summed E-state index contributed by atoms with van der Waals surface area (Å²) in [4.78, 5) is 17.4. The summed E-state index contributed by atoms with van der Waals surface area (Å²) < 4.78 is 5.94. The molecule has 4 rings (SSSR count). The molecule has 152 valence electrons. The lowest BCUT2D eigenvalue weighted by Gasteiger charge is -2.10. The van der Waals surface area contributed by atoms with E-state index in [1.165, 1.54) is 5.56 Å². The molecule has 0 spiro atoms. The van der Waals surface area contributed by atoms with Crippen molar-refractivity contribution in [3.8, 4) is 11.5 Å². The Morgan fingerprint density at radius 1 is 1.03 bits per heavy atom. The zero-order valence-corrected chi connectivity index (χ0v) is 18.2. The average molecular weight is 419 g/mol. The third kappa shape index (κ3) is 3.96. The molecule has 0 unspecified atom stereocenters. The molecule has 3 aromatic carbocycles. The summed E-state index contributed by atoms with van der Waals surface area (Å²) in [6.45, 7) is 8.21. The number of fused-ring (bicyclic) bond motifs is 1. The third-order valence-corrected chi connectivity index (χ3v) is 5.49. The number of anilines is 1. The lowest BCUT2D eigenvalue weighted by Crippen LogP contribution is -2.13. The van der Waals surface area contributed by atoms with Gasteiger partial charge in [-0.25, -0.2) is 4.98 Å². The van der Waals surface area contributed by atoms with Crippen molar-refractivity contribution >= 4 is 34.3 Å². The Morgan fingerprint density at radius 3 is 2.57 bits per heavy atom. The number of benzene rings is 3. The Morgan fingerprint density at radius 2 is 1.83 bits per heavy atom. The van der Waals surface area contributed by atoms with Crippen LogP contribution in [0.4, 0.5) is 5.69 Å². The largest absolute Gasteiger partial charge is 0.436 e. The van der Waals surface area contributed by atoms with Crippen molar-refractivity contribution in [2.45, 2.75) is 33.6 Å². The minimum absolute atomic E-state index is 0.167. The highest BCUT2D eigenvalue weighted by molar-refractivity contribution is 6.33. The van der Waals surface area contributed by atoms with Crippen LogP contribution in [0, 0.1) is 13.8 Å². The molecule has 1 N–H and O–H groups in total. The van der Waals surface area contributed by atoms with Crippen LogP contribution in [0.1, 0.15) is 46.8 Å². The number of halogens is 1. The smallest absolute Gasteiger partial charge is 0.255 e. The van der Waals surface area contributed by atoms with E-state index in [2.05, 4.69) is 24.1 Å². The first-order valence-corrected chi connectivity index (χ1v) is 10.3. The third-order valence-electron chi connectivity index (χ3n) is 5.16. The number of oxazole rings is 1. The molecule has 1 heterocycles. The fourth-order valence-electron chi connectivity index (χ4n) is 3.45. The minimum atomic E-state index is -0.167. The molecule has 1 aromatic heterocycles. The number of nitrogens with zero attached hydrogens (tertiary/aromatic N) is 1. The molecule has 4 aromatic rings. The number of aromatic nitrogens is 1. The monoisotopic (exact) mass is 418 g/mol. The predicted molar refractivity (Wildman–Crippen MR) is 122 cm³/mol. The standard InChI is InChI=1S/C25H23ClN2O2/c1-14(2)17-6-10-23-22(12-17)28-25(30-23)20-13-18(7-9-21(20)26)27-24(29)19-8-5-15(3)11-16(19)4/h5-14H,1-4H3,(H,27,29). The van der Waals surface area contributed by atoms with Crippen LogP contribution in [0.3, 0.4) is 0 Å². The van der Waals surface area contributed by atoms with E-state index < -0.39 is 0 Å². The molecule has 0 aliphatic heterocycles. The van der Waals surface area contributed by atoms with Crippen molar-refractivity contribution in [3.63, 3.8) is 0 Å². The number of hydrogen-bond acceptors (Lipinski definition) is 3. The number of hydrogen-bond donors (Lipinski definition) is 1. The van der Waals surface area contributed by atoms with E-state index in [4.69, 9.17) is 16.0 Å². The second-order valence-electron chi connectivity index (χ2n) is 7.87. The SMILES string of the molecule is Cc1ccc(C(=O)Nc2ccc(Cl)c(-c3nc4cc(C(C)C)ccc4o3)c2)c(C)c1. The summed E-state index contributed by atoms with van der Waals surface area (Å²) >= 11 is 6.42. The highest BCUT2D eigenvalue weighted by atomic mass is 35.5. The molecule has 0 bridgehead atoms. The van der Waals surface area contributed by atoms with Crippen LogP contribution in [0.5, 0.6) is 0 Å². The van der Waals surface area contributed by atoms with Crippen molar-refractivity contribution < 1.29 is 9.21 Å². The Labute approximate surface area is 180 Å². The molecular weight excluding hydrogens is 396 g/mol. The summed E-state index contributed by atoms with van der Waals surface area (Å²) in [6, 6.07) is 17.1. The maximum Gasteiger partial charge on any atom is 0.255 e. The second-order valence-corrected chi connectivity index (χ2v) is 8.28. The van der Waals surface area contributed by atoms with Gasteiger partial charge in [0.25, 0.3) is 5.91 Å². The van der Waals surface area contributed by atoms with Gasteiger partial charge in [-0.15, -0.1) is 0 Å². The average Bonchev–Trinajstić information content (AvgIpc) is 3.12. The second kappa shape index (κ2) is 7.96. The lowest BCUT2D eigenvalue weighted by molar-refractivity contribution is 0.102. The zero-order valence-electron chi connectivity index (χ0n) is 17.4. The van der Waals surface area contributed by atoms with Gasteiger partial charge in [-0.05, 0) is 67.3 Å². The molecule has 0 fully saturated rings. The summed E-state index contributed by atoms with van der Waals surface area (Å²) in [7, 11) is 0. The van der Waals surface area contributed by atoms with Crippen LogP contribution in [0.25, 0.3) is 22.6 Å². The summed E-state index contributed by atoms with van der Waals surface area (Å²) in [6.07, 6.45) is 0. The van der Waals surface area contributed by atoms with E-state index in [0.29, 0.717) is 39.2 Å². The van der Waals surface area contributed by atoms with E-state index in [9.17, 15) is 4.79 Å². The van der Waals surface area contributed by atoms with Crippen LogP contribution in [-0.2, 0) is 0 Å². The van der Waals surface area contributed by atoms with Gasteiger partial charge in [-0.2, -0.15) is 0 Å². The number of aryl methyl sites for hydroxylation is 2. The Kier molecular flexibility index (Phi) is 5.35. The maximum atomic E-state index is 12.7. The normalized spacial score (nSPS) is 11.3. The van der Waals surface area contributed by atoms with Gasteiger partial charge in [-0.3, -0.25) is 4.79 Å². The molecule has 1 amide bonds. The minimum Gasteiger partial charge on any atom is -0.436 e. The van der Waals surface area contributed by atoms with E-state index >= 15 is 0 Å². The molecule has 0 aliphatic rings. The van der Waals surface area contributed by atoms with E-state index in [0.717, 1.165) is 16.6 Å². The van der Waals surface area contributed by atoms with E-state index in [1.54, 1.807) is 18.2 Å². The van der Waals surface area contributed by atoms with Crippen LogP contribution >= 0.6 is 11.6 Å². The quantitative estimate of drug-likeness (QED) is 0.383. The van der Waals surface area contributed by atoms with Gasteiger partial charge in [0.2, 0.25) is 5.89 Å². The maximum absolute atomic E-state index is 12.7. The summed E-state index contributed by atoms with van der Waals surface area (Å²) in [5, 5.41) is 3.46. The zero-order chi connectivity index (χ0) is 21.4. The number of carbonyl (C=O) groups excluding carboxylic acids is 1. The van der Waals surface area contributed by atoms with Crippen molar-refractivity contribution in [1.29, 1.82) is 0 Å². The van der Waals surface area contributed by atoms with Crippen LogP contribution in [-0.4, -0.2) is 10.9 Å². The molecule has 0 atom stereocenters. The molecular formula is C25H23ClN2O2. The van der Waals surface area contributed by atoms with Gasteiger partial charge in [0.15, 0.2) is 5.58 Å². The molecule has 0 saturated carbocycles. The van der Waals surface area contributed by atoms with Crippen molar-refractivity contribution in [2.75, 3.05) is 5.32 Å². The van der Waals surface area contributed by atoms with E-state index in [1.807, 2.05) is 50.2 Å². The first-order chi connectivity index (χ1) is 14.3. The fraction of sp³-hybridized carbons (Fsp3) is 0.200. The van der Waals surface area contributed by atoms with Gasteiger partial charge in [0.1, 0.15) is 5.52 Å². The Bertz CT molecular complexity index is 1260. The Balaban J connectivity index is 1.66. The van der Waals surface area contributed by atoms with Crippen molar-refractivity contribution in [3.05, 3.63) is 81.9 Å². The predicted octanol–water partition coefficient (Wildman–Crippen LogP) is 7.14. The molecule has 5 heteroatoms. The van der Waals surface area contributed by atoms with E-state index in [-0.39, 0.29) is 5.91 Å². The summed E-state index contributed by atoms with van der Waals surface area (Å²) in [5.41, 5.74) is 6.65. The molecule has 0 aliphatic carbocycles. The number of rotatable bonds is 4. The first kappa shape index (κ1) is 20.2. The fourth-order valence-corrected chi connectivity index (χ4v) is 3.65. The van der Waals surface area contributed by atoms with Crippen LogP contribution in [0.15, 0.2) is 59.0 Å². The number of carbonyl (C=O) groups is 1. The lowest BCUT2D eigenvalue weighted by atomic mass is 10.0. The van der Waals surface area contributed by atoms with Gasteiger partial charge >= 0.3 is 0 Å². The van der Waals surface area contributed by atoms with Gasteiger partial charge in [0.05, 0.1) is 10.6 Å². The van der Waals surface area contributed by atoms with Gasteiger partial charge < -0.3 is 9.73 Å². The van der Waals surface area contributed by atoms with Crippen molar-refractivity contribution in [1.82, 2.24) is 4.98 Å². The first-order valence-electron chi connectivity index (χ1n) is 9.91. The molecule has 0 saturated heterocycles. The highest BCUT2D eigenvalue weighted by Gasteiger charge is 2.15. The Hall–Kier alpha value is -3.11. The highest BCUT2D eigenvalue weighted by Crippen LogP contribution is 2.33. The topological polar surface area (TPSA) is 55.1 Å². The number of nitrogens with one attached hydrogen (secondary N) is 1. The number of amides is 1. The molecule has 30 heavy (non-hydrogen) atoms. The van der Waals surface area contributed by atoms with Crippen LogP contribution in [0.2, 0.25) is 5.02 Å². The molecule has 0 radical (unpaired) electrons. The summed E-state index contributed by atoms with van der Waals surface area (Å²) in [5.74, 6) is 0.667. The van der Waals surface area contributed by atoms with Crippen LogP contribution < -0.4 is 5.32 Å². The molecule has 4 nitrogen and oxygen atoms in total. The van der Waals surface area contributed by atoms with Crippen molar-refractivity contribution in [2.24, 2.45) is 0 Å². The van der Waals surface area contributed by atoms with Gasteiger partial charge in [0, 0.05) is 11.3 Å². The van der Waals surface area contributed by atoms with Gasteiger partial charge in [-0.1, -0.05) is 49.2 Å².